The Morgan fingerprint density at radius 3 is 2.83 bits per heavy atom. The summed E-state index contributed by atoms with van der Waals surface area (Å²) in [5.74, 6) is 0.661. The highest BCUT2D eigenvalue weighted by Gasteiger charge is 2.39. The van der Waals surface area contributed by atoms with Crippen molar-refractivity contribution < 1.29 is 15.0 Å². The van der Waals surface area contributed by atoms with Crippen LogP contribution in [0.1, 0.15) is 61.6 Å². The van der Waals surface area contributed by atoms with Crippen LogP contribution in [0.2, 0.25) is 0 Å². The molecule has 1 amide bonds. The zero-order chi connectivity index (χ0) is 22.1. The lowest BCUT2D eigenvalue weighted by molar-refractivity contribution is -0.118. The van der Waals surface area contributed by atoms with Gasteiger partial charge in [0.15, 0.2) is 0 Å². The zero-order valence-electron chi connectivity index (χ0n) is 18.1. The largest absolute Gasteiger partial charge is 0.393 e. The standard InChI is InChI=1S/C24H36BrNO3S/c1-3-17-14-23(28)21(8-6-4-5-7-9-24(26)29)20(17)13-11-18(27)10-12-19-15-22(25)16(2)30-19/h4,6,11,13,15,17-18,20-21,23,27-28H,3,5,7-10,12,14H2,1-2H3,(H2,26,29)/b6-4-,13-11+/t17?,18-,20-,21+,23?/m0/s1. The van der Waals surface area contributed by atoms with Gasteiger partial charge in [0.1, 0.15) is 0 Å². The van der Waals surface area contributed by atoms with Crippen molar-refractivity contribution in [1.29, 1.82) is 0 Å². The molecule has 1 saturated carbocycles. The van der Waals surface area contributed by atoms with Gasteiger partial charge in [0.2, 0.25) is 5.91 Å². The Hall–Kier alpha value is -0.950. The molecule has 1 aromatic heterocycles. The molecule has 1 aromatic rings. The maximum atomic E-state index is 10.8. The fourth-order valence-corrected chi connectivity index (χ4v) is 5.97. The van der Waals surface area contributed by atoms with Crippen molar-refractivity contribution in [2.45, 2.75) is 77.4 Å². The summed E-state index contributed by atoms with van der Waals surface area (Å²) in [5.41, 5.74) is 5.17. The molecule has 168 valence electrons. The summed E-state index contributed by atoms with van der Waals surface area (Å²) >= 11 is 5.32. The first kappa shape index (κ1) is 25.3. The first-order valence-electron chi connectivity index (χ1n) is 11.0. The molecule has 1 aliphatic rings. The summed E-state index contributed by atoms with van der Waals surface area (Å²) < 4.78 is 1.14. The first-order chi connectivity index (χ1) is 14.3. The van der Waals surface area contributed by atoms with Crippen LogP contribution in [0, 0.1) is 24.7 Å². The molecule has 0 aromatic carbocycles. The van der Waals surface area contributed by atoms with E-state index in [-0.39, 0.29) is 23.8 Å². The monoisotopic (exact) mass is 497 g/mol. The second-order valence-corrected chi connectivity index (χ2v) is 10.6. The van der Waals surface area contributed by atoms with Crippen LogP contribution in [0.4, 0.5) is 0 Å². The molecule has 5 atom stereocenters. The van der Waals surface area contributed by atoms with Crippen molar-refractivity contribution in [3.63, 3.8) is 0 Å². The number of rotatable bonds is 12. The lowest BCUT2D eigenvalue weighted by Gasteiger charge is -2.21. The number of carbonyl (C=O) groups excluding carboxylic acids is 1. The average molecular weight is 499 g/mol. The molecule has 0 spiro atoms. The van der Waals surface area contributed by atoms with Crippen molar-refractivity contribution >= 4 is 33.2 Å². The van der Waals surface area contributed by atoms with Crippen LogP contribution >= 0.6 is 27.3 Å². The van der Waals surface area contributed by atoms with E-state index in [2.05, 4.69) is 54.1 Å². The van der Waals surface area contributed by atoms with E-state index in [1.165, 1.54) is 9.75 Å². The predicted molar refractivity (Wildman–Crippen MR) is 128 cm³/mol. The molecule has 4 nitrogen and oxygen atoms in total. The fraction of sp³-hybridized carbons (Fsp3) is 0.625. The van der Waals surface area contributed by atoms with E-state index < -0.39 is 6.10 Å². The maximum absolute atomic E-state index is 10.8. The molecule has 4 N–H and O–H groups in total. The van der Waals surface area contributed by atoms with E-state index in [1.807, 2.05) is 6.08 Å². The quantitative estimate of drug-likeness (QED) is 0.270. The topological polar surface area (TPSA) is 83.5 Å². The minimum Gasteiger partial charge on any atom is -0.393 e. The van der Waals surface area contributed by atoms with Crippen molar-refractivity contribution in [2.24, 2.45) is 23.5 Å². The van der Waals surface area contributed by atoms with Gasteiger partial charge >= 0.3 is 0 Å². The molecule has 1 fully saturated rings. The number of halogens is 1. The number of aliphatic hydroxyl groups is 2. The molecular weight excluding hydrogens is 462 g/mol. The van der Waals surface area contributed by atoms with E-state index in [1.54, 1.807) is 11.3 Å². The summed E-state index contributed by atoms with van der Waals surface area (Å²) in [6.07, 6.45) is 13.8. The van der Waals surface area contributed by atoms with Gasteiger partial charge in [-0.05, 0) is 85.2 Å². The van der Waals surface area contributed by atoms with Gasteiger partial charge in [-0.15, -0.1) is 11.3 Å². The average Bonchev–Trinajstić information content (AvgIpc) is 3.19. The first-order valence-corrected chi connectivity index (χ1v) is 12.6. The van der Waals surface area contributed by atoms with Crippen molar-refractivity contribution in [3.05, 3.63) is 44.6 Å². The lowest BCUT2D eigenvalue weighted by atomic mass is 9.85. The third-order valence-electron chi connectivity index (χ3n) is 6.12. The molecule has 1 heterocycles. The summed E-state index contributed by atoms with van der Waals surface area (Å²) in [6.45, 7) is 4.27. The highest BCUT2D eigenvalue weighted by atomic mass is 79.9. The Labute approximate surface area is 193 Å². The molecular formula is C24H36BrNO3S. The number of hydrogen-bond acceptors (Lipinski definition) is 4. The number of thiophene rings is 1. The normalized spacial score (nSPS) is 25.5. The summed E-state index contributed by atoms with van der Waals surface area (Å²) in [5, 5.41) is 21.1. The molecule has 2 rings (SSSR count). The highest BCUT2D eigenvalue weighted by Crippen LogP contribution is 2.42. The molecule has 2 unspecified atom stereocenters. The smallest absolute Gasteiger partial charge is 0.217 e. The predicted octanol–water partition coefficient (Wildman–Crippen LogP) is 5.29. The molecule has 0 saturated heterocycles. The van der Waals surface area contributed by atoms with E-state index in [9.17, 15) is 15.0 Å². The second-order valence-electron chi connectivity index (χ2n) is 8.39. The van der Waals surface area contributed by atoms with Gasteiger partial charge in [-0.3, -0.25) is 4.79 Å². The van der Waals surface area contributed by atoms with Gasteiger partial charge in [0.05, 0.1) is 12.2 Å². The summed E-state index contributed by atoms with van der Waals surface area (Å²) in [7, 11) is 0. The fourth-order valence-electron chi connectivity index (χ4n) is 4.35. The Bertz CT molecular complexity index is 711. The Kier molecular flexibility index (Phi) is 10.8. The van der Waals surface area contributed by atoms with Crippen LogP contribution in [0.5, 0.6) is 0 Å². The van der Waals surface area contributed by atoms with E-state index >= 15 is 0 Å². The maximum Gasteiger partial charge on any atom is 0.217 e. The Morgan fingerprint density at radius 2 is 2.20 bits per heavy atom. The summed E-state index contributed by atoms with van der Waals surface area (Å²) in [4.78, 5) is 13.4. The number of allylic oxidation sites excluding steroid dienone is 3. The van der Waals surface area contributed by atoms with Gasteiger partial charge in [-0.1, -0.05) is 37.6 Å². The number of unbranched alkanes of at least 4 members (excludes halogenated alkanes) is 1. The SMILES string of the molecule is CCC1CC(O)[C@H](C/C=C\CCCC(N)=O)[C@H]1/C=C/[C@@H](O)CCc1cc(Br)c(C)s1. The molecule has 0 aliphatic heterocycles. The van der Waals surface area contributed by atoms with Gasteiger partial charge in [-0.25, -0.2) is 0 Å². The van der Waals surface area contributed by atoms with Crippen LogP contribution in [0.15, 0.2) is 34.8 Å². The van der Waals surface area contributed by atoms with E-state index in [4.69, 9.17) is 5.73 Å². The number of aryl methyl sites for hydroxylation is 2. The van der Waals surface area contributed by atoms with Crippen molar-refractivity contribution in [2.75, 3.05) is 0 Å². The minimum absolute atomic E-state index is 0.182. The van der Waals surface area contributed by atoms with Gasteiger partial charge in [0, 0.05) is 20.6 Å². The molecule has 30 heavy (non-hydrogen) atoms. The van der Waals surface area contributed by atoms with Gasteiger partial charge in [-0.2, -0.15) is 0 Å². The highest BCUT2D eigenvalue weighted by molar-refractivity contribution is 9.10. The number of aliphatic hydroxyl groups excluding tert-OH is 2. The van der Waals surface area contributed by atoms with E-state index in [0.29, 0.717) is 18.8 Å². The Balaban J connectivity index is 1.88. The molecule has 0 radical (unpaired) electrons. The van der Waals surface area contributed by atoms with Crippen LogP contribution in [-0.4, -0.2) is 28.3 Å². The van der Waals surface area contributed by atoms with Gasteiger partial charge in [0.25, 0.3) is 0 Å². The van der Waals surface area contributed by atoms with Gasteiger partial charge < -0.3 is 15.9 Å². The molecule has 1 aliphatic carbocycles. The van der Waals surface area contributed by atoms with Crippen LogP contribution in [0.25, 0.3) is 0 Å². The van der Waals surface area contributed by atoms with Crippen molar-refractivity contribution in [1.82, 2.24) is 0 Å². The number of nitrogens with two attached hydrogens (primary N) is 1. The number of primary amides is 1. The minimum atomic E-state index is -0.466. The summed E-state index contributed by atoms with van der Waals surface area (Å²) in [6, 6.07) is 2.14. The van der Waals surface area contributed by atoms with E-state index in [0.717, 1.165) is 43.0 Å². The van der Waals surface area contributed by atoms with Crippen LogP contribution in [-0.2, 0) is 11.2 Å². The molecule has 0 bridgehead atoms. The number of hydrogen-bond donors (Lipinski definition) is 3. The number of carbonyl (C=O) groups is 1. The Morgan fingerprint density at radius 1 is 1.43 bits per heavy atom. The zero-order valence-corrected chi connectivity index (χ0v) is 20.5. The third kappa shape index (κ3) is 7.95. The third-order valence-corrected chi connectivity index (χ3v) is 8.32. The second kappa shape index (κ2) is 12.8. The number of amides is 1. The van der Waals surface area contributed by atoms with Crippen molar-refractivity contribution in [3.8, 4) is 0 Å². The molecule has 6 heteroatoms. The van der Waals surface area contributed by atoms with Crippen LogP contribution < -0.4 is 5.73 Å². The lowest BCUT2D eigenvalue weighted by Crippen LogP contribution is -2.19. The van der Waals surface area contributed by atoms with Crippen LogP contribution in [0.3, 0.4) is 0 Å².